The number of carbonyl (C=O) groups excluding carboxylic acids is 1. The number of hydrogen-bond donors (Lipinski definition) is 1. The van der Waals surface area contributed by atoms with Crippen molar-refractivity contribution in [2.24, 2.45) is 0 Å². The third kappa shape index (κ3) is 4.80. The Hall–Kier alpha value is -4.08. The summed E-state index contributed by atoms with van der Waals surface area (Å²) >= 11 is 0. The van der Waals surface area contributed by atoms with Gasteiger partial charge in [-0.15, -0.1) is 5.10 Å². The molecule has 2 aliphatic heterocycles. The fourth-order valence-corrected chi connectivity index (χ4v) is 4.05. The van der Waals surface area contributed by atoms with E-state index in [4.69, 9.17) is 13.9 Å². The summed E-state index contributed by atoms with van der Waals surface area (Å²) < 4.78 is 17.0. The fraction of sp³-hybridized carbons (Fsp3) is 0.333. The van der Waals surface area contributed by atoms with Crippen molar-refractivity contribution >= 4 is 17.7 Å². The van der Waals surface area contributed by atoms with Crippen LogP contribution in [0.1, 0.15) is 32.1 Å². The molecule has 0 radical (unpaired) electrons. The average molecular weight is 463 g/mol. The van der Waals surface area contributed by atoms with Gasteiger partial charge in [-0.1, -0.05) is 17.3 Å². The van der Waals surface area contributed by atoms with Crippen molar-refractivity contribution in [2.45, 2.75) is 32.1 Å². The zero-order valence-electron chi connectivity index (χ0n) is 18.7. The van der Waals surface area contributed by atoms with Gasteiger partial charge in [-0.2, -0.15) is 0 Å². The van der Waals surface area contributed by atoms with Crippen LogP contribution in [0.4, 0.5) is 11.8 Å². The van der Waals surface area contributed by atoms with Gasteiger partial charge in [0.1, 0.15) is 18.3 Å². The predicted octanol–water partition coefficient (Wildman–Crippen LogP) is 3.91. The molecule has 1 fully saturated rings. The maximum atomic E-state index is 11.8. The minimum Gasteiger partial charge on any atom is -0.464 e. The molecule has 0 spiro atoms. The van der Waals surface area contributed by atoms with E-state index in [1.165, 1.54) is 18.8 Å². The molecule has 0 saturated carbocycles. The van der Waals surface area contributed by atoms with Crippen molar-refractivity contribution in [2.75, 3.05) is 29.9 Å². The number of allylic oxidation sites excluding steroid dienone is 4. The van der Waals surface area contributed by atoms with Gasteiger partial charge in [0.15, 0.2) is 6.26 Å². The van der Waals surface area contributed by atoms with Crippen molar-refractivity contribution in [3.05, 3.63) is 66.9 Å². The van der Waals surface area contributed by atoms with Gasteiger partial charge >= 0.3 is 6.01 Å². The quantitative estimate of drug-likeness (QED) is 0.555. The summed E-state index contributed by atoms with van der Waals surface area (Å²) in [6.07, 6.45) is 16.3. The highest BCUT2D eigenvalue weighted by molar-refractivity contribution is 5.78. The molecule has 1 saturated heterocycles. The largest absolute Gasteiger partial charge is 0.464 e. The molecule has 5 rings (SSSR count). The van der Waals surface area contributed by atoms with Crippen LogP contribution in [0.25, 0.3) is 11.5 Å². The molecule has 1 amide bonds. The third-order valence-corrected chi connectivity index (χ3v) is 5.70. The van der Waals surface area contributed by atoms with Gasteiger partial charge in [0.25, 0.3) is 5.89 Å². The monoisotopic (exact) mass is 462 g/mol. The van der Waals surface area contributed by atoms with E-state index in [0.29, 0.717) is 36.1 Å². The zero-order chi connectivity index (χ0) is 23.2. The molecule has 10 heteroatoms. The Morgan fingerprint density at radius 2 is 2.18 bits per heavy atom. The summed E-state index contributed by atoms with van der Waals surface area (Å²) in [5.74, 6) is 1.66. The van der Waals surface area contributed by atoms with Crippen LogP contribution in [0, 0.1) is 0 Å². The van der Waals surface area contributed by atoms with Crippen LogP contribution in [0.15, 0.2) is 71.3 Å². The van der Waals surface area contributed by atoms with Gasteiger partial charge in [0, 0.05) is 37.9 Å². The first-order valence-corrected chi connectivity index (χ1v) is 11.4. The van der Waals surface area contributed by atoms with E-state index in [9.17, 15) is 4.79 Å². The van der Waals surface area contributed by atoms with E-state index >= 15 is 0 Å². The lowest BCUT2D eigenvalue weighted by molar-refractivity contribution is -0.127. The molecule has 0 atom stereocenters. The second-order valence-electron chi connectivity index (χ2n) is 8.00. The van der Waals surface area contributed by atoms with E-state index in [1.807, 2.05) is 29.2 Å². The van der Waals surface area contributed by atoms with E-state index in [2.05, 4.69) is 26.6 Å². The maximum absolute atomic E-state index is 11.8. The number of amides is 1. The van der Waals surface area contributed by atoms with E-state index in [1.54, 1.807) is 11.1 Å². The highest BCUT2D eigenvalue weighted by atomic mass is 16.5. The second-order valence-corrected chi connectivity index (χ2v) is 8.00. The van der Waals surface area contributed by atoms with Crippen LogP contribution in [0.5, 0.6) is 0 Å². The summed E-state index contributed by atoms with van der Waals surface area (Å²) in [5, 5.41) is 11.9. The first-order valence-electron chi connectivity index (χ1n) is 11.4. The number of ether oxygens (including phenoxy) is 2. The molecule has 1 N–H and O–H groups in total. The molecule has 1 aliphatic carbocycles. The molecular weight excluding hydrogens is 436 g/mol. The summed E-state index contributed by atoms with van der Waals surface area (Å²) in [5.41, 5.74) is 1.65. The van der Waals surface area contributed by atoms with Gasteiger partial charge in [0.2, 0.25) is 11.8 Å². The van der Waals surface area contributed by atoms with Crippen molar-refractivity contribution in [3.8, 4) is 11.5 Å². The average Bonchev–Trinajstić information content (AvgIpc) is 3.53. The Morgan fingerprint density at radius 3 is 2.97 bits per heavy atom. The summed E-state index contributed by atoms with van der Waals surface area (Å²) in [6.45, 7) is 2.26. The number of pyridine rings is 1. The van der Waals surface area contributed by atoms with Gasteiger partial charge in [-0.3, -0.25) is 4.79 Å². The van der Waals surface area contributed by atoms with E-state index < -0.39 is 0 Å². The molecule has 4 heterocycles. The summed E-state index contributed by atoms with van der Waals surface area (Å²) in [4.78, 5) is 19.9. The van der Waals surface area contributed by atoms with Gasteiger partial charge in [0.05, 0.1) is 5.56 Å². The molecular formula is C24H26N6O4. The SMILES string of the molecule is O=C1CCCN1CCCNc1ncccc1-c1nnc(N(C2=CC=CCC2)C2=COC=CO2)o1. The van der Waals surface area contributed by atoms with Crippen LogP contribution < -0.4 is 10.2 Å². The maximum Gasteiger partial charge on any atom is 0.330 e. The van der Waals surface area contributed by atoms with Crippen LogP contribution >= 0.6 is 0 Å². The highest BCUT2D eigenvalue weighted by Gasteiger charge is 2.26. The minimum atomic E-state index is 0.239. The molecule has 176 valence electrons. The number of anilines is 2. The lowest BCUT2D eigenvalue weighted by Crippen LogP contribution is -2.27. The second kappa shape index (κ2) is 10.2. The van der Waals surface area contributed by atoms with Crippen molar-refractivity contribution < 1.29 is 18.7 Å². The smallest absolute Gasteiger partial charge is 0.330 e. The molecule has 2 aromatic heterocycles. The van der Waals surface area contributed by atoms with Crippen LogP contribution in [-0.2, 0) is 14.3 Å². The minimum absolute atomic E-state index is 0.239. The van der Waals surface area contributed by atoms with Crippen LogP contribution in [-0.4, -0.2) is 45.6 Å². The Morgan fingerprint density at radius 1 is 1.21 bits per heavy atom. The molecule has 34 heavy (non-hydrogen) atoms. The van der Waals surface area contributed by atoms with Crippen molar-refractivity contribution in [3.63, 3.8) is 0 Å². The zero-order valence-corrected chi connectivity index (χ0v) is 18.7. The van der Waals surface area contributed by atoms with Gasteiger partial charge in [-0.05, 0) is 43.9 Å². The number of hydrogen-bond acceptors (Lipinski definition) is 9. The van der Waals surface area contributed by atoms with E-state index in [-0.39, 0.29) is 11.9 Å². The number of nitrogens with zero attached hydrogens (tertiary/aromatic N) is 5. The highest BCUT2D eigenvalue weighted by Crippen LogP contribution is 2.33. The van der Waals surface area contributed by atoms with Crippen molar-refractivity contribution in [1.82, 2.24) is 20.1 Å². The van der Waals surface area contributed by atoms with E-state index in [0.717, 1.165) is 44.5 Å². The Balaban J connectivity index is 1.32. The summed E-state index contributed by atoms with van der Waals surface area (Å²) in [7, 11) is 0. The predicted molar refractivity (Wildman–Crippen MR) is 125 cm³/mol. The van der Waals surface area contributed by atoms with Crippen LogP contribution in [0.2, 0.25) is 0 Å². The Bertz CT molecular complexity index is 1150. The molecule has 0 aromatic carbocycles. The number of nitrogens with one attached hydrogen (secondary N) is 1. The normalized spacial score (nSPS) is 17.2. The number of carbonyl (C=O) groups is 1. The summed E-state index contributed by atoms with van der Waals surface area (Å²) in [6, 6.07) is 3.97. The lowest BCUT2D eigenvalue weighted by atomic mass is 10.1. The lowest BCUT2D eigenvalue weighted by Gasteiger charge is -2.25. The van der Waals surface area contributed by atoms with Gasteiger partial charge < -0.3 is 24.1 Å². The van der Waals surface area contributed by atoms with Crippen LogP contribution in [0.3, 0.4) is 0 Å². The number of likely N-dealkylation sites (tertiary alicyclic amines) is 1. The topological polar surface area (TPSA) is 106 Å². The number of rotatable bonds is 9. The molecule has 0 bridgehead atoms. The van der Waals surface area contributed by atoms with Crippen molar-refractivity contribution in [1.29, 1.82) is 0 Å². The molecule has 10 nitrogen and oxygen atoms in total. The standard InChI is InChI=1S/C24H26N6O4/c31-20-10-5-13-29(20)14-6-12-26-22-19(9-4-11-25-22)23-27-28-24(34-23)30(18-7-2-1-3-8-18)21-17-32-15-16-33-21/h1-2,4,7,9,11,15-17H,3,5-6,8,10,12-14H2,(H,25,26). The molecule has 3 aliphatic rings. The first kappa shape index (κ1) is 21.7. The number of aromatic nitrogens is 3. The Kier molecular flexibility index (Phi) is 6.55. The first-order chi connectivity index (χ1) is 16.8. The Labute approximate surface area is 197 Å². The fourth-order valence-electron chi connectivity index (χ4n) is 4.05. The molecule has 0 unspecified atom stereocenters. The molecule has 2 aromatic rings. The van der Waals surface area contributed by atoms with Gasteiger partial charge in [-0.25, -0.2) is 9.88 Å². The third-order valence-electron chi connectivity index (χ3n) is 5.70.